The number of amides is 1. The first-order chi connectivity index (χ1) is 16.0. The van der Waals surface area contributed by atoms with Gasteiger partial charge in [0.25, 0.3) is 11.7 Å². The van der Waals surface area contributed by atoms with E-state index in [0.29, 0.717) is 22.6 Å². The number of nitrogens with one attached hydrogen (secondary N) is 1. The fraction of sp³-hybridized carbons (Fsp3) is 0.0769. The van der Waals surface area contributed by atoms with E-state index in [1.807, 2.05) is 24.3 Å². The monoisotopic (exact) mass is 442 g/mol. The minimum atomic E-state index is -0.934. The Labute approximate surface area is 188 Å². The number of methoxy groups -OCH3 is 1. The average molecular weight is 442 g/mol. The number of nitrogens with zero attached hydrogens (tertiary/aromatic N) is 1. The molecule has 1 saturated heterocycles. The second-order valence-corrected chi connectivity index (χ2v) is 7.64. The minimum absolute atomic E-state index is 0.0708. The van der Waals surface area contributed by atoms with Crippen molar-refractivity contribution in [3.63, 3.8) is 0 Å². The number of fused-ring (bicyclic) bond motifs is 1. The summed E-state index contributed by atoms with van der Waals surface area (Å²) in [5.74, 6) is -2.09. The Bertz CT molecular complexity index is 1420. The first-order valence-corrected chi connectivity index (χ1v) is 10.3. The molecule has 3 aromatic carbocycles. The molecule has 2 N–H and O–H groups in total. The zero-order valence-electron chi connectivity index (χ0n) is 17.6. The Balaban J connectivity index is 1.80. The number of anilines is 1. The summed E-state index contributed by atoms with van der Waals surface area (Å²) < 4.78 is 19.0. The highest BCUT2D eigenvalue weighted by Gasteiger charge is 2.48. The van der Waals surface area contributed by atoms with Gasteiger partial charge in [0.2, 0.25) is 0 Å². The minimum Gasteiger partial charge on any atom is -0.507 e. The molecule has 33 heavy (non-hydrogen) atoms. The molecule has 2 heterocycles. The van der Waals surface area contributed by atoms with E-state index in [0.717, 1.165) is 10.9 Å². The Morgan fingerprint density at radius 1 is 1.00 bits per heavy atom. The molecule has 164 valence electrons. The number of benzene rings is 3. The lowest BCUT2D eigenvalue weighted by Crippen LogP contribution is -2.29. The van der Waals surface area contributed by atoms with Crippen LogP contribution in [0.2, 0.25) is 0 Å². The van der Waals surface area contributed by atoms with Crippen molar-refractivity contribution < 1.29 is 23.8 Å². The van der Waals surface area contributed by atoms with Crippen LogP contribution in [0, 0.1) is 5.82 Å². The Kier molecular flexibility index (Phi) is 4.94. The second kappa shape index (κ2) is 7.94. The molecule has 1 aliphatic heterocycles. The van der Waals surface area contributed by atoms with Gasteiger partial charge in [-0.2, -0.15) is 0 Å². The number of aliphatic hydroxyl groups is 1. The summed E-state index contributed by atoms with van der Waals surface area (Å²) in [4.78, 5) is 31.0. The predicted molar refractivity (Wildman–Crippen MR) is 122 cm³/mol. The third kappa shape index (κ3) is 3.25. The molecule has 0 bridgehead atoms. The summed E-state index contributed by atoms with van der Waals surface area (Å²) in [6, 6.07) is 18.6. The van der Waals surface area contributed by atoms with Gasteiger partial charge in [0.15, 0.2) is 0 Å². The molecule has 1 atom stereocenters. The van der Waals surface area contributed by atoms with Crippen LogP contribution in [0.25, 0.3) is 16.7 Å². The summed E-state index contributed by atoms with van der Waals surface area (Å²) >= 11 is 0. The van der Waals surface area contributed by atoms with Crippen LogP contribution in [0.1, 0.15) is 17.2 Å². The fourth-order valence-corrected chi connectivity index (χ4v) is 4.30. The molecule has 0 radical (unpaired) electrons. The van der Waals surface area contributed by atoms with Crippen LogP contribution >= 0.6 is 0 Å². The van der Waals surface area contributed by atoms with Gasteiger partial charge in [0.05, 0.1) is 24.3 Å². The number of hydrogen-bond donors (Lipinski definition) is 2. The Morgan fingerprint density at radius 3 is 2.45 bits per heavy atom. The first kappa shape index (κ1) is 20.5. The molecular weight excluding hydrogens is 423 g/mol. The molecule has 4 aromatic rings. The van der Waals surface area contributed by atoms with E-state index >= 15 is 0 Å². The molecule has 0 saturated carbocycles. The molecule has 7 heteroatoms. The van der Waals surface area contributed by atoms with Crippen LogP contribution in [-0.4, -0.2) is 28.9 Å². The number of aliphatic hydroxyl groups excluding tert-OH is 1. The standard InChI is InChI=1S/C26H19FN2O4/c1-33-21-9-5-3-7-18(21)24(30)22-23(19-14-28-20-8-4-2-6-17(19)20)29(26(32)25(22)31)16-12-10-15(27)11-13-16/h2-14,23,28,30H,1H3/b24-22+. The maximum absolute atomic E-state index is 13.6. The van der Waals surface area contributed by atoms with E-state index in [2.05, 4.69) is 4.98 Å². The highest BCUT2D eigenvalue weighted by molar-refractivity contribution is 6.52. The lowest BCUT2D eigenvalue weighted by atomic mass is 9.94. The number of carbonyl (C=O) groups is 2. The molecule has 1 fully saturated rings. The topological polar surface area (TPSA) is 82.6 Å². The zero-order valence-corrected chi connectivity index (χ0v) is 17.6. The molecule has 0 spiro atoms. The highest BCUT2D eigenvalue weighted by atomic mass is 19.1. The third-order valence-electron chi connectivity index (χ3n) is 5.83. The van der Waals surface area contributed by atoms with E-state index in [1.54, 1.807) is 30.5 Å². The van der Waals surface area contributed by atoms with Gasteiger partial charge in [-0.25, -0.2) is 4.39 Å². The van der Waals surface area contributed by atoms with Crippen molar-refractivity contribution in [3.8, 4) is 5.75 Å². The molecule has 0 aliphatic carbocycles. The quantitative estimate of drug-likeness (QED) is 0.266. The number of rotatable bonds is 4. The Morgan fingerprint density at radius 2 is 1.70 bits per heavy atom. The molecular formula is C26H19FN2O4. The van der Waals surface area contributed by atoms with Crippen molar-refractivity contribution in [2.24, 2.45) is 0 Å². The molecule has 5 rings (SSSR count). The summed E-state index contributed by atoms with van der Waals surface area (Å²) in [6.07, 6.45) is 1.72. The van der Waals surface area contributed by atoms with Crippen molar-refractivity contribution in [3.05, 3.63) is 102 Å². The van der Waals surface area contributed by atoms with E-state index in [1.165, 1.54) is 36.3 Å². The SMILES string of the molecule is COc1ccccc1/C(O)=C1\C(=O)C(=O)N(c2ccc(F)cc2)C1c1c[nH]c2ccccc12. The van der Waals surface area contributed by atoms with Crippen LogP contribution in [0.3, 0.4) is 0 Å². The lowest BCUT2D eigenvalue weighted by molar-refractivity contribution is -0.132. The van der Waals surface area contributed by atoms with Crippen molar-refractivity contribution >= 4 is 34.0 Å². The van der Waals surface area contributed by atoms with E-state index in [4.69, 9.17) is 4.74 Å². The number of halogens is 1. The second-order valence-electron chi connectivity index (χ2n) is 7.64. The molecule has 1 unspecified atom stereocenters. The summed E-state index contributed by atoms with van der Waals surface area (Å²) in [7, 11) is 1.46. The number of ketones is 1. The van der Waals surface area contributed by atoms with Gasteiger partial charge in [-0.05, 0) is 42.5 Å². The highest BCUT2D eigenvalue weighted by Crippen LogP contribution is 2.45. The van der Waals surface area contributed by atoms with Crippen molar-refractivity contribution in [1.82, 2.24) is 4.98 Å². The van der Waals surface area contributed by atoms with Gasteiger partial charge >= 0.3 is 0 Å². The van der Waals surface area contributed by atoms with Crippen LogP contribution in [0.4, 0.5) is 10.1 Å². The number of ether oxygens (including phenoxy) is 1. The van der Waals surface area contributed by atoms with E-state index in [-0.39, 0.29) is 11.3 Å². The number of para-hydroxylation sites is 2. The van der Waals surface area contributed by atoms with Crippen LogP contribution in [0.5, 0.6) is 5.75 Å². The summed E-state index contributed by atoms with van der Waals surface area (Å²) in [5.41, 5.74) is 2.01. The van der Waals surface area contributed by atoms with Crippen LogP contribution < -0.4 is 9.64 Å². The fourth-order valence-electron chi connectivity index (χ4n) is 4.30. The number of aromatic amines is 1. The van der Waals surface area contributed by atoms with Gasteiger partial charge in [0, 0.05) is 28.4 Å². The van der Waals surface area contributed by atoms with Crippen LogP contribution in [0.15, 0.2) is 84.6 Å². The third-order valence-corrected chi connectivity index (χ3v) is 5.83. The summed E-state index contributed by atoms with van der Waals surface area (Å²) in [5, 5.41) is 12.1. The van der Waals surface area contributed by atoms with Gasteiger partial charge in [0.1, 0.15) is 17.3 Å². The van der Waals surface area contributed by atoms with Gasteiger partial charge in [-0.15, -0.1) is 0 Å². The zero-order chi connectivity index (χ0) is 23.1. The van der Waals surface area contributed by atoms with Gasteiger partial charge in [-0.3, -0.25) is 14.5 Å². The number of hydrogen-bond acceptors (Lipinski definition) is 4. The van der Waals surface area contributed by atoms with Gasteiger partial charge < -0.3 is 14.8 Å². The van der Waals surface area contributed by atoms with E-state index < -0.39 is 23.5 Å². The van der Waals surface area contributed by atoms with Crippen molar-refractivity contribution in [2.45, 2.75) is 6.04 Å². The maximum Gasteiger partial charge on any atom is 0.300 e. The number of carbonyl (C=O) groups excluding carboxylic acids is 2. The van der Waals surface area contributed by atoms with Crippen molar-refractivity contribution in [1.29, 1.82) is 0 Å². The Hall–Kier alpha value is -4.39. The predicted octanol–water partition coefficient (Wildman–Crippen LogP) is 4.94. The maximum atomic E-state index is 13.6. The van der Waals surface area contributed by atoms with Crippen LogP contribution in [-0.2, 0) is 9.59 Å². The number of Topliss-reactive ketones (excluding diaryl/α,β-unsaturated/α-hetero) is 1. The molecule has 1 aromatic heterocycles. The molecule has 1 aliphatic rings. The average Bonchev–Trinajstić information content (AvgIpc) is 3.38. The normalized spacial score (nSPS) is 17.6. The summed E-state index contributed by atoms with van der Waals surface area (Å²) in [6.45, 7) is 0. The van der Waals surface area contributed by atoms with Gasteiger partial charge in [-0.1, -0.05) is 30.3 Å². The number of H-pyrrole nitrogens is 1. The number of aromatic nitrogens is 1. The van der Waals surface area contributed by atoms with E-state index in [9.17, 15) is 19.1 Å². The van der Waals surface area contributed by atoms with Crippen molar-refractivity contribution in [2.75, 3.05) is 12.0 Å². The largest absolute Gasteiger partial charge is 0.507 e. The molecule has 1 amide bonds. The first-order valence-electron chi connectivity index (χ1n) is 10.3. The smallest absolute Gasteiger partial charge is 0.300 e. The molecule has 6 nitrogen and oxygen atoms in total. The lowest BCUT2D eigenvalue weighted by Gasteiger charge is -2.25.